The number of rotatable bonds is 6. The summed E-state index contributed by atoms with van der Waals surface area (Å²) in [6.07, 6.45) is 6.38. The van der Waals surface area contributed by atoms with Crippen molar-refractivity contribution in [3.8, 4) is 0 Å². The van der Waals surface area contributed by atoms with Gasteiger partial charge in [0.25, 0.3) is 5.91 Å². The van der Waals surface area contributed by atoms with E-state index in [1.165, 1.54) is 6.07 Å². The van der Waals surface area contributed by atoms with Crippen LogP contribution >= 0.6 is 0 Å². The Bertz CT molecular complexity index is 955. The van der Waals surface area contributed by atoms with Crippen LogP contribution in [0.15, 0.2) is 48.8 Å². The molecule has 0 spiro atoms. The highest BCUT2D eigenvalue weighted by Crippen LogP contribution is 2.19. The fourth-order valence-corrected chi connectivity index (χ4v) is 4.08. The standard InChI is InChI=1S/C22H26FN5O/c1-26(22(29)20-14-21-24-10-5-12-28(21)25-20)15-17-6-4-11-27(16-17)13-9-18-7-2-3-8-19(18)23/h2-3,5,7-8,10,12,14,17H,4,6,9,11,13,15-16H2,1H3/t17-/m0/s1. The Morgan fingerprint density at radius 1 is 1.31 bits per heavy atom. The Morgan fingerprint density at radius 3 is 3.00 bits per heavy atom. The maximum Gasteiger partial charge on any atom is 0.274 e. The van der Waals surface area contributed by atoms with E-state index in [1.54, 1.807) is 40.0 Å². The number of likely N-dealkylation sites (tertiary alicyclic amines) is 1. The van der Waals surface area contributed by atoms with Crippen molar-refractivity contribution < 1.29 is 9.18 Å². The summed E-state index contributed by atoms with van der Waals surface area (Å²) in [6.45, 7) is 3.49. The monoisotopic (exact) mass is 395 g/mol. The predicted molar refractivity (Wildman–Crippen MR) is 109 cm³/mol. The molecule has 152 valence electrons. The van der Waals surface area contributed by atoms with E-state index in [-0.39, 0.29) is 11.7 Å². The van der Waals surface area contributed by atoms with Crippen LogP contribution in [0.2, 0.25) is 0 Å². The van der Waals surface area contributed by atoms with Crippen molar-refractivity contribution in [1.82, 2.24) is 24.4 Å². The third-order valence-electron chi connectivity index (χ3n) is 5.59. The highest BCUT2D eigenvalue weighted by atomic mass is 19.1. The van der Waals surface area contributed by atoms with Gasteiger partial charge in [0, 0.05) is 45.1 Å². The van der Waals surface area contributed by atoms with Gasteiger partial charge in [-0.25, -0.2) is 13.9 Å². The molecule has 0 radical (unpaired) electrons. The van der Waals surface area contributed by atoms with Gasteiger partial charge in [0.15, 0.2) is 11.3 Å². The lowest BCUT2D eigenvalue weighted by atomic mass is 9.97. The van der Waals surface area contributed by atoms with Gasteiger partial charge in [-0.3, -0.25) is 4.79 Å². The Balaban J connectivity index is 1.32. The number of nitrogens with zero attached hydrogens (tertiary/aromatic N) is 5. The van der Waals surface area contributed by atoms with Gasteiger partial charge in [0.05, 0.1) is 0 Å². The summed E-state index contributed by atoms with van der Waals surface area (Å²) in [4.78, 5) is 21.1. The van der Waals surface area contributed by atoms with Crippen molar-refractivity contribution in [3.63, 3.8) is 0 Å². The molecule has 1 amide bonds. The van der Waals surface area contributed by atoms with E-state index in [4.69, 9.17) is 0 Å². The lowest BCUT2D eigenvalue weighted by molar-refractivity contribution is 0.0724. The molecule has 1 aliphatic heterocycles. The molecule has 0 saturated carbocycles. The molecule has 1 saturated heterocycles. The molecule has 3 aromatic rings. The molecule has 29 heavy (non-hydrogen) atoms. The summed E-state index contributed by atoms with van der Waals surface area (Å²) in [5, 5.41) is 4.33. The summed E-state index contributed by atoms with van der Waals surface area (Å²) in [7, 11) is 1.83. The van der Waals surface area contributed by atoms with Crippen LogP contribution in [-0.4, -0.2) is 63.5 Å². The van der Waals surface area contributed by atoms with Crippen LogP contribution in [0.5, 0.6) is 0 Å². The van der Waals surface area contributed by atoms with Gasteiger partial charge in [-0.1, -0.05) is 18.2 Å². The highest BCUT2D eigenvalue weighted by Gasteiger charge is 2.24. The fraction of sp³-hybridized carbons (Fsp3) is 0.409. The molecule has 1 aliphatic rings. The van der Waals surface area contributed by atoms with Crippen LogP contribution in [0.4, 0.5) is 4.39 Å². The molecule has 3 heterocycles. The van der Waals surface area contributed by atoms with Gasteiger partial charge in [-0.2, -0.15) is 5.10 Å². The normalized spacial score (nSPS) is 17.5. The lowest BCUT2D eigenvalue weighted by Gasteiger charge is -2.34. The first-order valence-electron chi connectivity index (χ1n) is 10.1. The minimum absolute atomic E-state index is 0.0843. The molecule has 0 aliphatic carbocycles. The summed E-state index contributed by atoms with van der Waals surface area (Å²) >= 11 is 0. The van der Waals surface area contributed by atoms with Gasteiger partial charge in [-0.05, 0) is 49.4 Å². The third kappa shape index (κ3) is 4.62. The first-order valence-corrected chi connectivity index (χ1v) is 10.1. The second-order valence-electron chi connectivity index (χ2n) is 7.79. The van der Waals surface area contributed by atoms with Crippen molar-refractivity contribution in [3.05, 3.63) is 65.9 Å². The summed E-state index contributed by atoms with van der Waals surface area (Å²) in [5.41, 5.74) is 1.85. The van der Waals surface area contributed by atoms with E-state index in [0.29, 0.717) is 30.2 Å². The Kier molecular flexibility index (Phi) is 5.85. The van der Waals surface area contributed by atoms with Crippen LogP contribution in [0, 0.1) is 11.7 Å². The van der Waals surface area contributed by atoms with E-state index < -0.39 is 0 Å². The van der Waals surface area contributed by atoms with Gasteiger partial charge < -0.3 is 9.80 Å². The van der Waals surface area contributed by atoms with Crippen molar-refractivity contribution in [2.45, 2.75) is 19.3 Å². The third-order valence-corrected chi connectivity index (χ3v) is 5.59. The van der Waals surface area contributed by atoms with E-state index in [9.17, 15) is 9.18 Å². The van der Waals surface area contributed by atoms with Gasteiger partial charge in [0.1, 0.15) is 5.82 Å². The smallest absolute Gasteiger partial charge is 0.274 e. The first kappa shape index (κ1) is 19.5. The van der Waals surface area contributed by atoms with Crippen LogP contribution < -0.4 is 0 Å². The Morgan fingerprint density at radius 2 is 2.17 bits per heavy atom. The minimum Gasteiger partial charge on any atom is -0.340 e. The molecule has 6 nitrogen and oxygen atoms in total. The molecule has 0 N–H and O–H groups in total. The topological polar surface area (TPSA) is 53.7 Å². The van der Waals surface area contributed by atoms with Crippen LogP contribution in [0.1, 0.15) is 28.9 Å². The molecular weight excluding hydrogens is 369 g/mol. The maximum atomic E-state index is 13.8. The van der Waals surface area contributed by atoms with Gasteiger partial charge >= 0.3 is 0 Å². The molecule has 1 aromatic carbocycles. The van der Waals surface area contributed by atoms with Crippen molar-refractivity contribution in [2.75, 3.05) is 33.2 Å². The average Bonchev–Trinajstić information content (AvgIpc) is 3.17. The number of carbonyl (C=O) groups is 1. The number of amides is 1. The number of hydrogen-bond acceptors (Lipinski definition) is 4. The van der Waals surface area contributed by atoms with Crippen LogP contribution in [-0.2, 0) is 6.42 Å². The second-order valence-corrected chi connectivity index (χ2v) is 7.79. The first-order chi connectivity index (χ1) is 14.1. The van der Waals surface area contributed by atoms with Crippen molar-refractivity contribution in [1.29, 1.82) is 0 Å². The molecule has 1 atom stereocenters. The lowest BCUT2D eigenvalue weighted by Crippen LogP contribution is -2.42. The number of halogens is 1. The van der Waals surface area contributed by atoms with Gasteiger partial charge in [-0.15, -0.1) is 0 Å². The van der Waals surface area contributed by atoms with E-state index in [1.807, 2.05) is 19.2 Å². The number of piperidine rings is 1. The molecule has 7 heteroatoms. The maximum absolute atomic E-state index is 13.8. The Labute approximate surface area is 170 Å². The van der Waals surface area contributed by atoms with Gasteiger partial charge in [0.2, 0.25) is 0 Å². The molecular formula is C22H26FN5O. The molecule has 4 rings (SSSR count). The summed E-state index contributed by atoms with van der Waals surface area (Å²) < 4.78 is 15.5. The molecule has 0 bridgehead atoms. The second kappa shape index (κ2) is 8.69. The van der Waals surface area contributed by atoms with Crippen LogP contribution in [0.25, 0.3) is 5.65 Å². The molecule has 2 aromatic heterocycles. The van der Waals surface area contributed by atoms with E-state index >= 15 is 0 Å². The zero-order valence-electron chi connectivity index (χ0n) is 16.7. The minimum atomic E-state index is -0.131. The number of benzene rings is 1. The predicted octanol–water partition coefficient (Wildman–Crippen LogP) is 2.90. The highest BCUT2D eigenvalue weighted by molar-refractivity contribution is 5.93. The summed E-state index contributed by atoms with van der Waals surface area (Å²) in [5.74, 6) is 0.195. The number of fused-ring (bicyclic) bond motifs is 1. The van der Waals surface area contributed by atoms with E-state index in [0.717, 1.165) is 38.0 Å². The van der Waals surface area contributed by atoms with Crippen molar-refractivity contribution in [2.24, 2.45) is 5.92 Å². The number of hydrogen-bond donors (Lipinski definition) is 0. The SMILES string of the molecule is CN(C[C@@H]1CCCN(CCc2ccccc2F)C1)C(=O)c1cc2ncccn2n1. The van der Waals surface area contributed by atoms with Crippen molar-refractivity contribution >= 4 is 11.6 Å². The zero-order chi connectivity index (χ0) is 20.2. The quantitative estimate of drug-likeness (QED) is 0.644. The van der Waals surface area contributed by atoms with Crippen LogP contribution in [0.3, 0.4) is 0 Å². The van der Waals surface area contributed by atoms with E-state index in [2.05, 4.69) is 15.0 Å². The zero-order valence-corrected chi connectivity index (χ0v) is 16.7. The molecule has 1 fully saturated rings. The largest absolute Gasteiger partial charge is 0.340 e. The summed E-state index contributed by atoms with van der Waals surface area (Å²) in [6, 6.07) is 10.5. The molecule has 0 unspecified atom stereocenters. The number of carbonyl (C=O) groups excluding carboxylic acids is 1. The fourth-order valence-electron chi connectivity index (χ4n) is 4.08. The Hall–Kier alpha value is -2.80. The number of aromatic nitrogens is 3. The average molecular weight is 395 g/mol.